The van der Waals surface area contributed by atoms with E-state index in [4.69, 9.17) is 0 Å². The minimum absolute atomic E-state index is 0.0425. The number of urea groups is 1. The fourth-order valence-electron chi connectivity index (χ4n) is 3.77. The van der Waals surface area contributed by atoms with Crippen molar-refractivity contribution >= 4 is 68.5 Å². The second-order valence-corrected chi connectivity index (χ2v) is 9.46. The molecule has 33 heavy (non-hydrogen) atoms. The third-order valence-electron chi connectivity index (χ3n) is 5.51. The highest BCUT2D eigenvalue weighted by molar-refractivity contribution is 9.10. The average molecular weight is 529 g/mol. The summed E-state index contributed by atoms with van der Waals surface area (Å²) in [6.07, 6.45) is 1.62. The van der Waals surface area contributed by atoms with E-state index in [-0.39, 0.29) is 18.1 Å². The Morgan fingerprint density at radius 3 is 2.76 bits per heavy atom. The van der Waals surface area contributed by atoms with Crippen LogP contribution in [0.5, 0.6) is 0 Å². The van der Waals surface area contributed by atoms with E-state index in [9.17, 15) is 14.0 Å². The van der Waals surface area contributed by atoms with Crippen LogP contribution in [-0.2, 0) is 11.3 Å². The number of thioether (sulfide) groups is 1. The first-order valence-electron chi connectivity index (χ1n) is 9.99. The first-order valence-corrected chi connectivity index (χ1v) is 11.8. The number of nitrogens with one attached hydrogen (secondary N) is 1. The van der Waals surface area contributed by atoms with Gasteiger partial charge in [-0.3, -0.25) is 14.6 Å². The number of halogens is 2. The van der Waals surface area contributed by atoms with E-state index >= 15 is 0 Å². The van der Waals surface area contributed by atoms with E-state index in [0.717, 1.165) is 16.3 Å². The van der Waals surface area contributed by atoms with Crippen molar-refractivity contribution in [2.45, 2.75) is 11.4 Å². The Morgan fingerprint density at radius 2 is 1.97 bits per heavy atom. The molecule has 0 saturated carbocycles. The molecule has 0 fully saturated rings. The van der Waals surface area contributed by atoms with Gasteiger partial charge in [-0.25, -0.2) is 14.2 Å². The Labute approximate surface area is 201 Å². The summed E-state index contributed by atoms with van der Waals surface area (Å²) >= 11 is 4.84. The molecule has 1 N–H and O–H groups in total. The van der Waals surface area contributed by atoms with Crippen LogP contribution in [0, 0.1) is 5.82 Å². The number of carbonyl (C=O) groups excluding carboxylic acids is 2. The molecule has 3 aromatic rings. The Hall–Kier alpha value is -3.18. The van der Waals surface area contributed by atoms with Crippen LogP contribution in [0.2, 0.25) is 0 Å². The van der Waals surface area contributed by atoms with Gasteiger partial charge in [0.25, 0.3) is 0 Å². The molecule has 3 heterocycles. The smallest absolute Gasteiger partial charge is 0.324 e. The number of carbonyl (C=O) groups is 2. The van der Waals surface area contributed by atoms with Gasteiger partial charge in [-0.15, -0.1) is 11.8 Å². The Balaban J connectivity index is 1.44. The van der Waals surface area contributed by atoms with Gasteiger partial charge in [0, 0.05) is 40.9 Å². The molecule has 0 atom stereocenters. The van der Waals surface area contributed by atoms with E-state index in [0.29, 0.717) is 27.6 Å². The van der Waals surface area contributed by atoms with Crippen LogP contribution in [-0.4, -0.2) is 41.8 Å². The van der Waals surface area contributed by atoms with Crippen molar-refractivity contribution in [1.29, 1.82) is 0 Å². The molecular formula is C22H18BrFN6O2S. The lowest BCUT2D eigenvalue weighted by atomic mass is 10.2. The number of fused-ring (bicyclic) bond motifs is 2. The summed E-state index contributed by atoms with van der Waals surface area (Å²) in [6.45, 7) is 0.140. The molecule has 8 nitrogen and oxygen atoms in total. The van der Waals surface area contributed by atoms with Gasteiger partial charge >= 0.3 is 6.03 Å². The maximum absolute atomic E-state index is 14.5. The minimum atomic E-state index is -0.497. The molecule has 11 heteroatoms. The average Bonchev–Trinajstić information content (AvgIpc) is 2.80. The number of hydrogen-bond donors (Lipinski definition) is 1. The van der Waals surface area contributed by atoms with Gasteiger partial charge < -0.3 is 10.2 Å². The van der Waals surface area contributed by atoms with Gasteiger partial charge in [-0.2, -0.15) is 4.98 Å². The van der Waals surface area contributed by atoms with Gasteiger partial charge in [0.15, 0.2) is 0 Å². The molecule has 2 aromatic carbocycles. The monoisotopic (exact) mass is 528 g/mol. The van der Waals surface area contributed by atoms with Crippen LogP contribution < -0.4 is 20.0 Å². The second kappa shape index (κ2) is 8.31. The zero-order valence-electron chi connectivity index (χ0n) is 17.7. The summed E-state index contributed by atoms with van der Waals surface area (Å²) in [7, 11) is 3.34. The summed E-state index contributed by atoms with van der Waals surface area (Å²) in [5, 5.41) is 3.15. The van der Waals surface area contributed by atoms with Crippen molar-refractivity contribution in [3.05, 3.63) is 58.4 Å². The molecule has 0 aliphatic carbocycles. The predicted octanol–water partition coefficient (Wildman–Crippen LogP) is 4.77. The van der Waals surface area contributed by atoms with E-state index in [1.54, 1.807) is 37.3 Å². The molecule has 3 amide bonds. The zero-order chi connectivity index (χ0) is 23.3. The number of aromatic nitrogens is 2. The molecule has 0 spiro atoms. The molecule has 5 rings (SSSR count). The SMILES string of the molecule is CN1C(=O)CSc2ccc(Nc3ncc4c(n3)N(C)C(=O)N(c3c(F)cccc3Br)C4)cc21. The molecule has 1 aromatic heterocycles. The first-order chi connectivity index (χ1) is 15.8. The lowest BCUT2D eigenvalue weighted by Gasteiger charge is -2.34. The van der Waals surface area contributed by atoms with Crippen LogP contribution in [0.25, 0.3) is 0 Å². The second-order valence-electron chi connectivity index (χ2n) is 7.59. The summed E-state index contributed by atoms with van der Waals surface area (Å²) in [6, 6.07) is 9.89. The van der Waals surface area contributed by atoms with Crippen molar-refractivity contribution in [3.63, 3.8) is 0 Å². The highest BCUT2D eigenvalue weighted by atomic mass is 79.9. The number of hydrogen-bond acceptors (Lipinski definition) is 6. The van der Waals surface area contributed by atoms with Crippen molar-refractivity contribution < 1.29 is 14.0 Å². The predicted molar refractivity (Wildman–Crippen MR) is 130 cm³/mol. The van der Waals surface area contributed by atoms with Gasteiger partial charge in [0.1, 0.15) is 11.6 Å². The van der Waals surface area contributed by atoms with E-state index in [2.05, 4.69) is 31.2 Å². The molecule has 2 aliphatic heterocycles. The topological polar surface area (TPSA) is 81.7 Å². The van der Waals surface area contributed by atoms with Crippen molar-refractivity contribution in [1.82, 2.24) is 9.97 Å². The van der Waals surface area contributed by atoms with Crippen LogP contribution in [0.1, 0.15) is 5.56 Å². The number of para-hydroxylation sites is 1. The van der Waals surface area contributed by atoms with Crippen LogP contribution in [0.3, 0.4) is 0 Å². The van der Waals surface area contributed by atoms with Gasteiger partial charge in [-0.05, 0) is 46.3 Å². The maximum atomic E-state index is 14.5. The molecule has 0 saturated heterocycles. The third kappa shape index (κ3) is 3.80. The molecule has 168 valence electrons. The van der Waals surface area contributed by atoms with Crippen molar-refractivity contribution in [2.75, 3.05) is 39.9 Å². The summed E-state index contributed by atoms with van der Waals surface area (Å²) < 4.78 is 15.0. The summed E-state index contributed by atoms with van der Waals surface area (Å²) in [5.74, 6) is 0.724. The highest BCUT2D eigenvalue weighted by Crippen LogP contribution is 2.38. The first kappa shape index (κ1) is 21.7. The van der Waals surface area contributed by atoms with Crippen molar-refractivity contribution in [2.24, 2.45) is 0 Å². The van der Waals surface area contributed by atoms with E-state index < -0.39 is 11.8 Å². The molecule has 0 radical (unpaired) electrons. The Morgan fingerprint density at radius 1 is 1.15 bits per heavy atom. The number of amides is 3. The Bertz CT molecular complexity index is 1290. The van der Waals surface area contributed by atoms with Crippen LogP contribution >= 0.6 is 27.7 Å². The van der Waals surface area contributed by atoms with E-state index in [1.165, 1.54) is 27.6 Å². The quantitative estimate of drug-likeness (QED) is 0.527. The van der Waals surface area contributed by atoms with Gasteiger partial charge in [0.05, 0.1) is 23.7 Å². The largest absolute Gasteiger partial charge is 0.330 e. The van der Waals surface area contributed by atoms with Crippen LogP contribution in [0.15, 0.2) is 52.0 Å². The fourth-order valence-corrected chi connectivity index (χ4v) is 5.31. The lowest BCUT2D eigenvalue weighted by Crippen LogP contribution is -2.46. The van der Waals surface area contributed by atoms with E-state index in [1.807, 2.05) is 18.2 Å². The summed E-state index contributed by atoms with van der Waals surface area (Å²) in [5.41, 5.74) is 2.40. The molecule has 0 unspecified atom stereocenters. The maximum Gasteiger partial charge on any atom is 0.330 e. The summed E-state index contributed by atoms with van der Waals surface area (Å²) in [4.78, 5) is 39.3. The van der Waals surface area contributed by atoms with Gasteiger partial charge in [-0.1, -0.05) is 6.07 Å². The Kier molecular flexibility index (Phi) is 5.45. The highest BCUT2D eigenvalue weighted by Gasteiger charge is 2.33. The fraction of sp³-hybridized carbons (Fsp3) is 0.182. The normalized spacial score (nSPS) is 15.5. The van der Waals surface area contributed by atoms with Gasteiger partial charge in [0.2, 0.25) is 11.9 Å². The lowest BCUT2D eigenvalue weighted by molar-refractivity contribution is -0.116. The number of anilines is 5. The molecule has 2 aliphatic rings. The molecule has 0 bridgehead atoms. The minimum Gasteiger partial charge on any atom is -0.324 e. The zero-order valence-corrected chi connectivity index (χ0v) is 20.1. The standard InChI is InChI=1S/C22H18BrFN6O2S/c1-28-16-8-13(6-7-17(16)33-11-18(28)31)26-21-25-9-12-10-30(22(32)29(2)20(12)27-21)19-14(23)4-3-5-15(19)24/h3-9H,10-11H2,1-2H3,(H,25,26,27). The number of benzene rings is 2. The number of rotatable bonds is 3. The van der Waals surface area contributed by atoms with Crippen molar-refractivity contribution in [3.8, 4) is 0 Å². The molecular weight excluding hydrogens is 511 g/mol. The third-order valence-corrected chi connectivity index (χ3v) is 7.20. The number of nitrogens with zero attached hydrogens (tertiary/aromatic N) is 5. The van der Waals surface area contributed by atoms with Crippen LogP contribution in [0.4, 0.5) is 38.0 Å².